The number of Topliss-reactive ketones (excluding diaryl/α,β-unsaturated/α-hetero) is 1. The highest BCUT2D eigenvalue weighted by atomic mass is 19.1. The van der Waals surface area contributed by atoms with Gasteiger partial charge in [-0.25, -0.2) is 4.39 Å². The molecule has 1 saturated carbocycles. The fourth-order valence-corrected chi connectivity index (χ4v) is 1.12. The topological polar surface area (TPSA) is 40.9 Å². The molecular formula is C8H10FNO. The van der Waals surface area contributed by atoms with Crippen LogP contribution in [0, 0.1) is 22.7 Å². The maximum atomic E-state index is 12.6. The van der Waals surface area contributed by atoms with E-state index in [0.717, 1.165) is 0 Å². The second kappa shape index (κ2) is 2.30. The summed E-state index contributed by atoms with van der Waals surface area (Å²) in [5.74, 6) is -0.923. The third-order valence-corrected chi connectivity index (χ3v) is 2.28. The molecule has 3 atom stereocenters. The molecule has 0 bridgehead atoms. The highest BCUT2D eigenvalue weighted by Crippen LogP contribution is 2.50. The van der Waals surface area contributed by atoms with Gasteiger partial charge in [0.2, 0.25) is 0 Å². The van der Waals surface area contributed by atoms with Crippen molar-refractivity contribution in [2.24, 2.45) is 11.3 Å². The minimum Gasteiger partial charge on any atom is -0.298 e. The molecule has 0 N–H and O–H groups in total. The van der Waals surface area contributed by atoms with Gasteiger partial charge in [-0.15, -0.1) is 0 Å². The van der Waals surface area contributed by atoms with E-state index in [1.54, 1.807) is 6.92 Å². The standard InChI is InChI=1S/C8H10FNO/c1-5(4-10)7(11)8(2)3-6(8)9/h5-6H,3H2,1-2H3. The molecule has 0 saturated heterocycles. The highest BCUT2D eigenvalue weighted by molar-refractivity contribution is 5.91. The smallest absolute Gasteiger partial charge is 0.158 e. The fourth-order valence-electron chi connectivity index (χ4n) is 1.12. The minimum absolute atomic E-state index is 0.257. The van der Waals surface area contributed by atoms with Crippen LogP contribution in [0.5, 0.6) is 0 Å². The molecule has 1 rings (SSSR count). The quantitative estimate of drug-likeness (QED) is 0.605. The van der Waals surface area contributed by atoms with Crippen molar-refractivity contribution in [2.45, 2.75) is 26.4 Å². The second-order valence-electron chi connectivity index (χ2n) is 3.30. The van der Waals surface area contributed by atoms with Crippen molar-refractivity contribution in [2.75, 3.05) is 0 Å². The Morgan fingerprint density at radius 2 is 2.36 bits per heavy atom. The summed E-state index contributed by atoms with van der Waals surface area (Å²) < 4.78 is 12.6. The molecule has 0 aromatic rings. The van der Waals surface area contributed by atoms with Gasteiger partial charge in [0.05, 0.1) is 11.5 Å². The van der Waals surface area contributed by atoms with Crippen LogP contribution in [0.3, 0.4) is 0 Å². The van der Waals surface area contributed by atoms with Crippen LogP contribution in [-0.2, 0) is 4.79 Å². The van der Waals surface area contributed by atoms with Crippen molar-refractivity contribution in [3.63, 3.8) is 0 Å². The van der Waals surface area contributed by atoms with E-state index in [0.29, 0.717) is 0 Å². The molecule has 0 aromatic carbocycles. The summed E-state index contributed by atoms with van der Waals surface area (Å²) in [4.78, 5) is 11.2. The van der Waals surface area contributed by atoms with Gasteiger partial charge in [-0.2, -0.15) is 5.26 Å². The number of carbonyl (C=O) groups excluding carboxylic acids is 1. The zero-order chi connectivity index (χ0) is 8.65. The Bertz CT molecular complexity index is 233. The Hall–Kier alpha value is -0.910. The highest BCUT2D eigenvalue weighted by Gasteiger charge is 2.57. The molecule has 2 nitrogen and oxygen atoms in total. The third-order valence-electron chi connectivity index (χ3n) is 2.28. The van der Waals surface area contributed by atoms with Gasteiger partial charge in [0.25, 0.3) is 0 Å². The van der Waals surface area contributed by atoms with Crippen molar-refractivity contribution >= 4 is 5.78 Å². The predicted molar refractivity (Wildman–Crippen MR) is 37.4 cm³/mol. The molecule has 0 aliphatic heterocycles. The lowest BCUT2D eigenvalue weighted by Gasteiger charge is -2.07. The maximum absolute atomic E-state index is 12.6. The van der Waals surface area contributed by atoms with E-state index in [2.05, 4.69) is 0 Å². The molecule has 11 heavy (non-hydrogen) atoms. The Kier molecular flexibility index (Phi) is 1.71. The first-order valence-electron chi connectivity index (χ1n) is 3.60. The number of hydrogen-bond donors (Lipinski definition) is 0. The van der Waals surface area contributed by atoms with Crippen LogP contribution in [0.2, 0.25) is 0 Å². The average Bonchev–Trinajstić information content (AvgIpc) is 2.58. The number of nitrogens with zero attached hydrogens (tertiary/aromatic N) is 1. The molecule has 0 aromatic heterocycles. The number of carbonyl (C=O) groups is 1. The van der Waals surface area contributed by atoms with Gasteiger partial charge in [0.15, 0.2) is 5.78 Å². The Labute approximate surface area is 65.0 Å². The molecule has 0 spiro atoms. The van der Waals surface area contributed by atoms with E-state index in [1.165, 1.54) is 6.92 Å². The van der Waals surface area contributed by atoms with E-state index in [9.17, 15) is 9.18 Å². The second-order valence-corrected chi connectivity index (χ2v) is 3.30. The van der Waals surface area contributed by atoms with Crippen molar-refractivity contribution in [3.8, 4) is 6.07 Å². The van der Waals surface area contributed by atoms with Crippen LogP contribution in [0.25, 0.3) is 0 Å². The zero-order valence-corrected chi connectivity index (χ0v) is 6.60. The van der Waals surface area contributed by atoms with Crippen LogP contribution in [-0.4, -0.2) is 12.0 Å². The normalized spacial score (nSPS) is 37.5. The van der Waals surface area contributed by atoms with E-state index in [1.807, 2.05) is 6.07 Å². The van der Waals surface area contributed by atoms with Crippen molar-refractivity contribution in [3.05, 3.63) is 0 Å². The summed E-state index contributed by atoms with van der Waals surface area (Å²) in [7, 11) is 0. The first-order valence-corrected chi connectivity index (χ1v) is 3.60. The lowest BCUT2D eigenvalue weighted by molar-refractivity contribution is -0.126. The van der Waals surface area contributed by atoms with Gasteiger partial charge in [-0.3, -0.25) is 4.79 Å². The Morgan fingerprint density at radius 3 is 2.64 bits per heavy atom. The molecule has 3 heteroatoms. The maximum Gasteiger partial charge on any atom is 0.158 e. The van der Waals surface area contributed by atoms with Gasteiger partial charge < -0.3 is 0 Å². The minimum atomic E-state index is -1.02. The van der Waals surface area contributed by atoms with Gasteiger partial charge >= 0.3 is 0 Å². The summed E-state index contributed by atoms with van der Waals surface area (Å²) in [5, 5.41) is 8.39. The van der Waals surface area contributed by atoms with Gasteiger partial charge in [-0.05, 0) is 20.3 Å². The predicted octanol–water partition coefficient (Wildman–Crippen LogP) is 1.46. The van der Waals surface area contributed by atoms with Gasteiger partial charge in [0, 0.05) is 0 Å². The van der Waals surface area contributed by atoms with Crippen molar-refractivity contribution in [1.82, 2.24) is 0 Å². The van der Waals surface area contributed by atoms with Crippen molar-refractivity contribution < 1.29 is 9.18 Å². The van der Waals surface area contributed by atoms with Gasteiger partial charge in [0.1, 0.15) is 12.1 Å². The number of nitriles is 1. The molecular weight excluding hydrogens is 145 g/mol. The van der Waals surface area contributed by atoms with Crippen LogP contribution in [0.1, 0.15) is 20.3 Å². The molecule has 1 aliphatic rings. The summed E-state index contributed by atoms with van der Waals surface area (Å²) in [6.45, 7) is 3.09. The number of hydrogen-bond acceptors (Lipinski definition) is 2. The molecule has 0 amide bonds. The first kappa shape index (κ1) is 8.19. The van der Waals surface area contributed by atoms with Crippen LogP contribution in [0.4, 0.5) is 4.39 Å². The number of alkyl halides is 1. The van der Waals surface area contributed by atoms with E-state index < -0.39 is 17.5 Å². The van der Waals surface area contributed by atoms with E-state index in [-0.39, 0.29) is 12.2 Å². The van der Waals surface area contributed by atoms with Gasteiger partial charge in [-0.1, -0.05) is 0 Å². The van der Waals surface area contributed by atoms with Crippen molar-refractivity contribution in [1.29, 1.82) is 5.26 Å². The SMILES string of the molecule is CC(C#N)C(=O)C1(C)CC1F. The molecule has 0 heterocycles. The number of halogens is 1. The zero-order valence-electron chi connectivity index (χ0n) is 6.60. The molecule has 1 aliphatic carbocycles. The molecule has 0 radical (unpaired) electrons. The fraction of sp³-hybridized carbons (Fsp3) is 0.750. The lowest BCUT2D eigenvalue weighted by atomic mass is 9.94. The molecule has 60 valence electrons. The number of ketones is 1. The summed E-state index contributed by atoms with van der Waals surface area (Å²) in [6, 6.07) is 1.82. The van der Waals surface area contributed by atoms with Crippen LogP contribution >= 0.6 is 0 Å². The van der Waals surface area contributed by atoms with E-state index in [4.69, 9.17) is 5.26 Å². The Balaban J connectivity index is 2.65. The summed E-state index contributed by atoms with van der Waals surface area (Å²) in [6.07, 6.45) is -0.733. The molecule has 1 fully saturated rings. The summed E-state index contributed by atoms with van der Waals surface area (Å²) in [5.41, 5.74) is -0.838. The van der Waals surface area contributed by atoms with Crippen LogP contribution < -0.4 is 0 Å². The van der Waals surface area contributed by atoms with Crippen LogP contribution in [0.15, 0.2) is 0 Å². The Morgan fingerprint density at radius 1 is 1.91 bits per heavy atom. The average molecular weight is 155 g/mol. The van der Waals surface area contributed by atoms with E-state index >= 15 is 0 Å². The number of rotatable bonds is 2. The third kappa shape index (κ3) is 1.13. The molecule has 3 unspecified atom stereocenters. The lowest BCUT2D eigenvalue weighted by Crippen LogP contribution is -2.21. The largest absolute Gasteiger partial charge is 0.298 e. The monoisotopic (exact) mass is 155 g/mol. The first-order chi connectivity index (χ1) is 5.02. The summed E-state index contributed by atoms with van der Waals surface area (Å²) >= 11 is 0.